The zero-order chi connectivity index (χ0) is 28.6. The van der Waals surface area contributed by atoms with Gasteiger partial charge in [-0.2, -0.15) is 0 Å². The van der Waals surface area contributed by atoms with Crippen LogP contribution < -0.4 is 10.2 Å². The average molecular weight is 554 g/mol. The number of fused-ring (bicyclic) bond motifs is 3. The standard InChI is InChI=1S/C40H31N3/c1-4-12-28(13-5-1)32-22-25-39-35(26-32)34-18-10-11-19-38(34)43(39)33-23-20-31(21-24-33)40-41-36(29-14-6-2-7-15-29)27-37(42-40)30-16-8-3-9-17-30/h1-17,19-27,34,40-41H,18H2. The number of nitrogens with zero attached hydrogens (tertiary/aromatic N) is 2. The summed E-state index contributed by atoms with van der Waals surface area (Å²) in [5.74, 6) is 0.361. The minimum atomic E-state index is -0.187. The number of anilines is 2. The zero-order valence-electron chi connectivity index (χ0n) is 23.8. The van der Waals surface area contributed by atoms with Gasteiger partial charge in [0.2, 0.25) is 0 Å². The zero-order valence-corrected chi connectivity index (χ0v) is 23.8. The second-order valence-corrected chi connectivity index (χ2v) is 11.2. The minimum Gasteiger partial charge on any atom is -0.360 e. The molecule has 5 aromatic rings. The average Bonchev–Trinajstić information content (AvgIpc) is 3.43. The van der Waals surface area contributed by atoms with Crippen LogP contribution in [-0.4, -0.2) is 5.71 Å². The summed E-state index contributed by atoms with van der Waals surface area (Å²) in [5, 5.41) is 3.70. The van der Waals surface area contributed by atoms with E-state index >= 15 is 0 Å². The van der Waals surface area contributed by atoms with Gasteiger partial charge < -0.3 is 10.2 Å². The number of aliphatic imine (C=N–C) groups is 1. The van der Waals surface area contributed by atoms with E-state index in [1.807, 2.05) is 6.07 Å². The molecule has 8 rings (SSSR count). The van der Waals surface area contributed by atoms with E-state index in [1.54, 1.807) is 0 Å². The van der Waals surface area contributed by atoms with Crippen LogP contribution in [0.3, 0.4) is 0 Å². The molecule has 0 amide bonds. The number of hydrogen-bond donors (Lipinski definition) is 1. The van der Waals surface area contributed by atoms with Crippen molar-refractivity contribution in [2.24, 2.45) is 4.99 Å². The number of benzene rings is 5. The molecule has 206 valence electrons. The molecule has 3 nitrogen and oxygen atoms in total. The molecule has 0 bridgehead atoms. The molecule has 1 aliphatic carbocycles. The number of nitrogens with one attached hydrogen (secondary N) is 1. The topological polar surface area (TPSA) is 27.6 Å². The maximum absolute atomic E-state index is 5.16. The molecule has 43 heavy (non-hydrogen) atoms. The van der Waals surface area contributed by atoms with Crippen LogP contribution in [0.4, 0.5) is 11.4 Å². The second-order valence-electron chi connectivity index (χ2n) is 11.2. The summed E-state index contributed by atoms with van der Waals surface area (Å²) < 4.78 is 0. The molecule has 0 spiro atoms. The maximum Gasteiger partial charge on any atom is 0.145 e. The van der Waals surface area contributed by atoms with Gasteiger partial charge >= 0.3 is 0 Å². The van der Waals surface area contributed by atoms with E-state index in [4.69, 9.17) is 4.99 Å². The normalized spacial score (nSPS) is 18.6. The minimum absolute atomic E-state index is 0.187. The molecule has 2 heterocycles. The van der Waals surface area contributed by atoms with E-state index < -0.39 is 0 Å². The summed E-state index contributed by atoms with van der Waals surface area (Å²) in [5.41, 5.74) is 13.1. The second kappa shape index (κ2) is 10.8. The van der Waals surface area contributed by atoms with Gasteiger partial charge in [0.25, 0.3) is 0 Å². The van der Waals surface area contributed by atoms with Crippen molar-refractivity contribution < 1.29 is 0 Å². The van der Waals surface area contributed by atoms with Gasteiger partial charge in [-0.3, -0.25) is 4.99 Å². The fourth-order valence-electron chi connectivity index (χ4n) is 6.46. The quantitative estimate of drug-likeness (QED) is 0.235. The van der Waals surface area contributed by atoms with Gasteiger partial charge in [0, 0.05) is 28.7 Å². The van der Waals surface area contributed by atoms with Gasteiger partial charge in [0.15, 0.2) is 0 Å². The maximum atomic E-state index is 5.16. The summed E-state index contributed by atoms with van der Waals surface area (Å²) in [4.78, 5) is 7.60. The molecule has 3 aliphatic rings. The van der Waals surface area contributed by atoms with Gasteiger partial charge in [-0.25, -0.2) is 0 Å². The van der Waals surface area contributed by atoms with Crippen molar-refractivity contribution in [3.63, 3.8) is 0 Å². The predicted molar refractivity (Wildman–Crippen MR) is 178 cm³/mol. The fourth-order valence-corrected chi connectivity index (χ4v) is 6.46. The lowest BCUT2D eigenvalue weighted by atomic mass is 9.90. The van der Waals surface area contributed by atoms with Crippen molar-refractivity contribution in [1.82, 2.24) is 5.32 Å². The molecule has 5 aromatic carbocycles. The first-order chi connectivity index (χ1) is 21.3. The number of hydrogen-bond acceptors (Lipinski definition) is 3. The Bertz CT molecular complexity index is 1900. The highest BCUT2D eigenvalue weighted by atomic mass is 15.2. The van der Waals surface area contributed by atoms with Gasteiger partial charge in [0.1, 0.15) is 6.17 Å². The molecule has 1 N–H and O–H groups in total. The van der Waals surface area contributed by atoms with Crippen molar-refractivity contribution in [3.8, 4) is 11.1 Å². The summed E-state index contributed by atoms with van der Waals surface area (Å²) in [6, 6.07) is 47.5. The summed E-state index contributed by atoms with van der Waals surface area (Å²) in [7, 11) is 0. The van der Waals surface area contributed by atoms with Crippen molar-refractivity contribution in [2.45, 2.75) is 18.5 Å². The molecule has 3 heteroatoms. The van der Waals surface area contributed by atoms with Gasteiger partial charge in [0.05, 0.1) is 5.71 Å². The predicted octanol–water partition coefficient (Wildman–Crippen LogP) is 9.56. The van der Waals surface area contributed by atoms with Crippen molar-refractivity contribution in [1.29, 1.82) is 0 Å². The van der Waals surface area contributed by atoms with E-state index in [0.29, 0.717) is 5.92 Å². The molecular weight excluding hydrogens is 522 g/mol. The molecule has 0 saturated carbocycles. The third-order valence-electron chi connectivity index (χ3n) is 8.60. The third-order valence-corrected chi connectivity index (χ3v) is 8.60. The molecule has 2 unspecified atom stereocenters. The molecule has 0 fully saturated rings. The fraction of sp³-hybridized carbons (Fsp3) is 0.0750. The highest BCUT2D eigenvalue weighted by Gasteiger charge is 2.35. The molecule has 0 saturated heterocycles. The van der Waals surface area contributed by atoms with Crippen LogP contribution in [0.2, 0.25) is 0 Å². The van der Waals surface area contributed by atoms with Crippen LogP contribution in [0.15, 0.2) is 168 Å². The summed E-state index contributed by atoms with van der Waals surface area (Å²) in [6.07, 6.45) is 9.75. The summed E-state index contributed by atoms with van der Waals surface area (Å²) >= 11 is 0. The Kier molecular flexibility index (Phi) is 6.34. The number of allylic oxidation sites excluding steroid dienone is 5. The van der Waals surface area contributed by atoms with Crippen LogP contribution in [0, 0.1) is 0 Å². The van der Waals surface area contributed by atoms with Crippen LogP contribution >= 0.6 is 0 Å². The first-order valence-corrected chi connectivity index (χ1v) is 14.9. The van der Waals surface area contributed by atoms with E-state index in [1.165, 1.54) is 33.8 Å². The number of rotatable bonds is 5. The van der Waals surface area contributed by atoms with E-state index in [9.17, 15) is 0 Å². The summed E-state index contributed by atoms with van der Waals surface area (Å²) in [6.45, 7) is 0. The van der Waals surface area contributed by atoms with Crippen LogP contribution in [0.25, 0.3) is 16.8 Å². The largest absolute Gasteiger partial charge is 0.360 e. The van der Waals surface area contributed by atoms with Crippen molar-refractivity contribution in [2.75, 3.05) is 4.90 Å². The Labute approximate surface area is 252 Å². The molecule has 2 atom stereocenters. The Morgan fingerprint density at radius 2 is 1.33 bits per heavy atom. The molecule has 2 aliphatic heterocycles. The van der Waals surface area contributed by atoms with E-state index in [-0.39, 0.29) is 6.17 Å². The Morgan fingerprint density at radius 1 is 0.651 bits per heavy atom. The third kappa shape index (κ3) is 4.69. The van der Waals surface area contributed by atoms with Crippen LogP contribution in [0.5, 0.6) is 0 Å². The Hall–Kier alpha value is -5.41. The van der Waals surface area contributed by atoms with Gasteiger partial charge in [-0.1, -0.05) is 121 Å². The Balaban J connectivity index is 1.14. The Morgan fingerprint density at radius 3 is 2.05 bits per heavy atom. The van der Waals surface area contributed by atoms with Gasteiger partial charge in [-0.05, 0) is 76.2 Å². The van der Waals surface area contributed by atoms with Crippen LogP contribution in [-0.2, 0) is 0 Å². The SMILES string of the molecule is C1=CCC2C(=C1)N(c1ccc(C3N=C(c4ccccc4)C=C(c4ccccc4)N3)cc1)c1ccc(-c3ccccc3)cc12. The molecule has 0 aromatic heterocycles. The van der Waals surface area contributed by atoms with Crippen molar-refractivity contribution >= 4 is 22.8 Å². The highest BCUT2D eigenvalue weighted by Crippen LogP contribution is 2.51. The highest BCUT2D eigenvalue weighted by molar-refractivity contribution is 6.13. The van der Waals surface area contributed by atoms with Gasteiger partial charge in [-0.15, -0.1) is 0 Å². The lowest BCUT2D eigenvalue weighted by molar-refractivity contribution is 0.664. The lowest BCUT2D eigenvalue weighted by Gasteiger charge is -2.27. The van der Waals surface area contributed by atoms with E-state index in [2.05, 4.69) is 162 Å². The van der Waals surface area contributed by atoms with Crippen LogP contribution in [0.1, 0.15) is 40.8 Å². The smallest absolute Gasteiger partial charge is 0.145 e. The van der Waals surface area contributed by atoms with Crippen molar-refractivity contribution in [3.05, 3.63) is 186 Å². The van der Waals surface area contributed by atoms with E-state index in [0.717, 1.165) is 34.5 Å². The molecular formula is C40H31N3. The first kappa shape index (κ1) is 25.3. The monoisotopic (exact) mass is 553 g/mol. The molecule has 0 radical (unpaired) electrons. The first-order valence-electron chi connectivity index (χ1n) is 14.9. The lowest BCUT2D eigenvalue weighted by Crippen LogP contribution is -2.25.